The highest BCUT2D eigenvalue weighted by Gasteiger charge is 2.26. The molecule has 0 unspecified atom stereocenters. The van der Waals surface area contributed by atoms with Crippen molar-refractivity contribution in [1.82, 2.24) is 5.32 Å². The topological polar surface area (TPSA) is 56.8 Å². The summed E-state index contributed by atoms with van der Waals surface area (Å²) in [4.78, 5) is 11.1. The molecule has 1 amide bonds. The molecule has 124 valence electrons. The van der Waals surface area contributed by atoms with Crippen molar-refractivity contribution in [1.29, 1.82) is 0 Å². The van der Waals surface area contributed by atoms with Crippen LogP contribution in [0, 0.1) is 0 Å². The molecule has 21 heavy (non-hydrogen) atoms. The van der Waals surface area contributed by atoms with Crippen LogP contribution in [-0.4, -0.2) is 44.7 Å². The summed E-state index contributed by atoms with van der Waals surface area (Å²) in [5.41, 5.74) is 0. The molecule has 0 saturated heterocycles. The van der Waals surface area contributed by atoms with E-state index in [1.165, 1.54) is 0 Å². The summed E-state index contributed by atoms with van der Waals surface area (Å²) in [6.07, 6.45) is 1.61. The van der Waals surface area contributed by atoms with Crippen molar-refractivity contribution >= 4 is 32.2 Å². The molecule has 0 aliphatic heterocycles. The van der Waals surface area contributed by atoms with Gasteiger partial charge in [-0.05, 0) is 45.7 Å². The lowest BCUT2D eigenvalue weighted by molar-refractivity contribution is 0.0605. The number of hydrogen-bond donors (Lipinski definition) is 1. The van der Waals surface area contributed by atoms with Gasteiger partial charge in [-0.25, -0.2) is 4.79 Å². The fourth-order valence-electron chi connectivity index (χ4n) is 1.67. The molecule has 0 aromatic rings. The minimum absolute atomic E-state index is 0.0171. The van der Waals surface area contributed by atoms with Gasteiger partial charge in [0, 0.05) is 6.54 Å². The predicted octanol–water partition coefficient (Wildman–Crippen LogP) is 2.82. The van der Waals surface area contributed by atoms with Crippen molar-refractivity contribution < 1.29 is 18.4 Å². The van der Waals surface area contributed by atoms with Gasteiger partial charge in [0.15, 0.2) is 16.6 Å². The molecular weight excluding hydrogens is 318 g/mol. The molecular formula is C13H31NO4Si3. The number of rotatable bonds is 10. The fraction of sp³-hybridized carbons (Fsp3) is 0.769. The van der Waals surface area contributed by atoms with E-state index >= 15 is 0 Å². The van der Waals surface area contributed by atoms with Crippen LogP contribution in [0.2, 0.25) is 45.3 Å². The van der Waals surface area contributed by atoms with Crippen molar-refractivity contribution in [2.75, 3.05) is 6.54 Å². The van der Waals surface area contributed by atoms with Gasteiger partial charge in [0.25, 0.3) is 0 Å². The maximum Gasteiger partial charge on any atom is 0.411 e. The van der Waals surface area contributed by atoms with E-state index in [9.17, 15) is 4.79 Å². The number of hydrogen-bond acceptors (Lipinski definition) is 4. The second-order valence-electron chi connectivity index (χ2n) is 6.88. The summed E-state index contributed by atoms with van der Waals surface area (Å²) in [5.74, 6) is 0.0171. The highest BCUT2D eigenvalue weighted by molar-refractivity contribution is 6.71. The summed E-state index contributed by atoms with van der Waals surface area (Å²) < 4.78 is 16.9. The quantitative estimate of drug-likeness (QED) is 0.285. The van der Waals surface area contributed by atoms with Crippen LogP contribution in [0.1, 0.15) is 6.42 Å². The lowest BCUT2D eigenvalue weighted by atomic mass is 10.5. The third-order valence-electron chi connectivity index (χ3n) is 2.30. The van der Waals surface area contributed by atoms with Gasteiger partial charge >= 0.3 is 6.09 Å². The van der Waals surface area contributed by atoms with Crippen molar-refractivity contribution in [2.45, 2.75) is 57.7 Å². The molecule has 0 aliphatic carbocycles. The highest BCUT2D eigenvalue weighted by atomic mass is 28.4. The first-order chi connectivity index (χ1) is 9.53. The maximum atomic E-state index is 11.1. The van der Waals surface area contributed by atoms with E-state index in [0.29, 0.717) is 6.54 Å². The molecule has 0 aliphatic rings. The minimum atomic E-state index is -1.59. The smallest absolute Gasteiger partial charge is 0.411 e. The number of amides is 1. The van der Waals surface area contributed by atoms with Gasteiger partial charge in [0.05, 0.1) is 15.8 Å². The van der Waals surface area contributed by atoms with Crippen LogP contribution in [0.15, 0.2) is 12.8 Å². The van der Waals surface area contributed by atoms with Gasteiger partial charge in [0.2, 0.25) is 0 Å². The molecule has 5 nitrogen and oxygen atoms in total. The van der Waals surface area contributed by atoms with Crippen molar-refractivity contribution in [3.63, 3.8) is 0 Å². The van der Waals surface area contributed by atoms with Gasteiger partial charge < -0.3 is 18.9 Å². The molecule has 8 heteroatoms. The molecule has 0 fully saturated rings. The summed E-state index contributed by atoms with van der Waals surface area (Å²) >= 11 is 0. The largest absolute Gasteiger partial charge is 0.419 e. The zero-order valence-corrected chi connectivity index (χ0v) is 17.7. The van der Waals surface area contributed by atoms with E-state index in [2.05, 4.69) is 55.9 Å². The molecule has 0 bridgehead atoms. The van der Waals surface area contributed by atoms with E-state index < -0.39 is 32.2 Å². The lowest BCUT2D eigenvalue weighted by Gasteiger charge is -2.31. The minimum Gasteiger partial charge on any atom is -0.419 e. The van der Waals surface area contributed by atoms with Crippen molar-refractivity contribution in [2.24, 2.45) is 0 Å². The Morgan fingerprint density at radius 2 is 1.71 bits per heavy atom. The van der Waals surface area contributed by atoms with Crippen LogP contribution in [0.3, 0.4) is 0 Å². The van der Waals surface area contributed by atoms with Crippen LogP contribution in [0.25, 0.3) is 0 Å². The average Bonchev–Trinajstić information content (AvgIpc) is 2.24. The van der Waals surface area contributed by atoms with Gasteiger partial charge in [-0.1, -0.05) is 12.6 Å². The van der Waals surface area contributed by atoms with E-state index in [-0.39, 0.29) is 5.91 Å². The van der Waals surface area contributed by atoms with Crippen LogP contribution in [0.4, 0.5) is 4.79 Å². The first-order valence-electron chi connectivity index (χ1n) is 7.44. The van der Waals surface area contributed by atoms with Crippen molar-refractivity contribution in [3.8, 4) is 0 Å². The number of ether oxygens (including phenoxy) is 1. The third kappa shape index (κ3) is 14.3. The predicted molar refractivity (Wildman–Crippen MR) is 95.3 cm³/mol. The molecule has 0 saturated carbocycles. The Balaban J connectivity index is 4.07. The lowest BCUT2D eigenvalue weighted by Crippen LogP contribution is -2.43. The van der Waals surface area contributed by atoms with Crippen LogP contribution in [0.5, 0.6) is 0 Å². The van der Waals surface area contributed by atoms with Gasteiger partial charge in [-0.3, -0.25) is 0 Å². The van der Waals surface area contributed by atoms with Gasteiger partial charge in [-0.15, -0.1) is 0 Å². The van der Waals surface area contributed by atoms with Crippen LogP contribution in [-0.2, 0) is 13.6 Å². The summed E-state index contributed by atoms with van der Waals surface area (Å²) in [5, 5.41) is 2.68. The number of carbonyl (C=O) groups is 1. The molecule has 0 spiro atoms. The summed E-state index contributed by atoms with van der Waals surface area (Å²) in [6, 6.07) is 1.08. The Kier molecular flexibility index (Phi) is 9.38. The molecule has 0 aromatic carbocycles. The molecule has 0 aromatic heterocycles. The first-order valence-corrected chi connectivity index (χ1v) is 16.1. The zero-order valence-electron chi connectivity index (χ0n) is 14.3. The SMILES string of the molecule is C=COC(=O)NCCC[SiH2]C(O[Si](C)(C)C)O[Si](C)(C)C. The third-order valence-corrected chi connectivity index (χ3v) is 6.62. The zero-order chi connectivity index (χ0) is 16.5. The van der Waals surface area contributed by atoms with Gasteiger partial charge in [0.1, 0.15) is 5.91 Å². The Morgan fingerprint density at radius 3 is 2.14 bits per heavy atom. The van der Waals surface area contributed by atoms with Crippen LogP contribution < -0.4 is 5.32 Å². The summed E-state index contributed by atoms with van der Waals surface area (Å²) in [6.45, 7) is 17.1. The highest BCUT2D eigenvalue weighted by Crippen LogP contribution is 2.14. The molecule has 1 N–H and O–H groups in total. The molecule has 0 heterocycles. The molecule has 0 radical (unpaired) electrons. The fourth-order valence-corrected chi connectivity index (χ4v) is 8.26. The van der Waals surface area contributed by atoms with E-state index in [1.54, 1.807) is 0 Å². The Morgan fingerprint density at radius 1 is 1.19 bits per heavy atom. The van der Waals surface area contributed by atoms with E-state index in [1.807, 2.05) is 0 Å². The van der Waals surface area contributed by atoms with E-state index in [0.717, 1.165) is 18.7 Å². The Hall–Kier alpha value is -0.419. The second kappa shape index (κ2) is 9.57. The normalized spacial score (nSPS) is 12.9. The Bertz CT molecular complexity index is 310. The van der Waals surface area contributed by atoms with Crippen LogP contribution >= 0.6 is 0 Å². The first kappa shape index (κ1) is 20.6. The molecule has 0 atom stereocenters. The second-order valence-corrected chi connectivity index (χ2v) is 17.8. The Labute approximate surface area is 133 Å². The van der Waals surface area contributed by atoms with E-state index in [4.69, 9.17) is 8.85 Å². The number of carbonyl (C=O) groups excluding carboxylic acids is 1. The monoisotopic (exact) mass is 349 g/mol. The number of alkyl carbamates (subject to hydrolysis) is 1. The van der Waals surface area contributed by atoms with Crippen molar-refractivity contribution in [3.05, 3.63) is 12.8 Å². The standard InChI is InChI=1S/C13H31NO4Si3/c1-8-16-12(15)14-10-9-11-19-13(17-20(2,3)4)18-21(5,6)7/h8,13H,1,9-11,19H2,2-7H3,(H,14,15). The summed E-state index contributed by atoms with van der Waals surface area (Å²) in [7, 11) is -3.65. The average molecular weight is 350 g/mol. The van der Waals surface area contributed by atoms with Gasteiger partial charge in [-0.2, -0.15) is 0 Å². The maximum absolute atomic E-state index is 11.1. The number of nitrogens with one attached hydrogen (secondary N) is 1. The molecule has 0 rings (SSSR count).